The second kappa shape index (κ2) is 6.58. The molecule has 0 amide bonds. The normalized spacial score (nSPS) is 11.3. The summed E-state index contributed by atoms with van der Waals surface area (Å²) in [6.45, 7) is 7.84. The van der Waals surface area contributed by atoms with Crippen molar-refractivity contribution < 1.29 is 9.53 Å². The van der Waals surface area contributed by atoms with E-state index >= 15 is 0 Å². The standard InChI is InChI=1S/C16H24O2/c1-5-11-16(12-6-2,18-14(4)17)15-10-8-7-9-13(15)3/h7-10H,5-6,11-12H2,1-4H3. The molecule has 0 bridgehead atoms. The van der Waals surface area contributed by atoms with Crippen molar-refractivity contribution in [3.8, 4) is 0 Å². The molecule has 0 aliphatic rings. The Kier molecular flexibility index (Phi) is 5.39. The second-order valence-electron chi connectivity index (χ2n) is 4.90. The van der Waals surface area contributed by atoms with Gasteiger partial charge in [0.1, 0.15) is 5.60 Å². The first-order valence-corrected chi connectivity index (χ1v) is 6.81. The zero-order chi connectivity index (χ0) is 13.6. The van der Waals surface area contributed by atoms with E-state index in [1.807, 2.05) is 12.1 Å². The number of carbonyl (C=O) groups is 1. The fraction of sp³-hybridized carbons (Fsp3) is 0.562. The largest absolute Gasteiger partial charge is 0.454 e. The first-order chi connectivity index (χ1) is 8.55. The zero-order valence-corrected chi connectivity index (χ0v) is 12.0. The Bertz CT molecular complexity index is 390. The highest BCUT2D eigenvalue weighted by molar-refractivity contribution is 5.67. The van der Waals surface area contributed by atoms with Crippen molar-refractivity contribution in [3.05, 3.63) is 35.4 Å². The maximum Gasteiger partial charge on any atom is 0.303 e. The van der Waals surface area contributed by atoms with Gasteiger partial charge in [0.05, 0.1) is 0 Å². The Morgan fingerprint density at radius 1 is 1.17 bits per heavy atom. The fourth-order valence-corrected chi connectivity index (χ4v) is 2.72. The van der Waals surface area contributed by atoms with Gasteiger partial charge in [0.15, 0.2) is 0 Å². The predicted octanol–water partition coefficient (Wildman–Crippen LogP) is 4.35. The quantitative estimate of drug-likeness (QED) is 0.699. The molecule has 100 valence electrons. The van der Waals surface area contributed by atoms with Crippen molar-refractivity contribution in [1.29, 1.82) is 0 Å². The summed E-state index contributed by atoms with van der Waals surface area (Å²) in [6.07, 6.45) is 3.76. The maximum atomic E-state index is 11.5. The molecule has 1 aromatic carbocycles. The topological polar surface area (TPSA) is 26.3 Å². The third-order valence-corrected chi connectivity index (χ3v) is 3.28. The minimum Gasteiger partial charge on any atom is -0.454 e. The number of ether oxygens (including phenoxy) is 1. The average molecular weight is 248 g/mol. The van der Waals surface area contributed by atoms with E-state index in [9.17, 15) is 4.79 Å². The van der Waals surface area contributed by atoms with Crippen LogP contribution in [0, 0.1) is 6.92 Å². The summed E-state index contributed by atoms with van der Waals surface area (Å²) in [5.74, 6) is -0.194. The molecule has 0 radical (unpaired) electrons. The van der Waals surface area contributed by atoms with Crippen molar-refractivity contribution in [1.82, 2.24) is 0 Å². The lowest BCUT2D eigenvalue weighted by Crippen LogP contribution is -2.32. The summed E-state index contributed by atoms with van der Waals surface area (Å²) >= 11 is 0. The number of rotatable bonds is 6. The van der Waals surface area contributed by atoms with Crippen LogP contribution in [-0.2, 0) is 15.1 Å². The molecule has 0 unspecified atom stereocenters. The highest BCUT2D eigenvalue weighted by atomic mass is 16.6. The molecule has 0 saturated carbocycles. The van der Waals surface area contributed by atoms with Gasteiger partial charge < -0.3 is 4.74 Å². The molecule has 2 heteroatoms. The lowest BCUT2D eigenvalue weighted by atomic mass is 9.82. The summed E-state index contributed by atoms with van der Waals surface area (Å²) in [5, 5.41) is 0. The average Bonchev–Trinajstić information content (AvgIpc) is 2.29. The van der Waals surface area contributed by atoms with Gasteiger partial charge in [-0.05, 0) is 30.9 Å². The molecule has 2 nitrogen and oxygen atoms in total. The molecule has 0 aromatic heterocycles. The number of benzene rings is 1. The molecule has 0 aliphatic carbocycles. The van der Waals surface area contributed by atoms with Crippen molar-refractivity contribution >= 4 is 5.97 Å². The van der Waals surface area contributed by atoms with Gasteiger partial charge in [-0.15, -0.1) is 0 Å². The molecule has 0 fully saturated rings. The van der Waals surface area contributed by atoms with Crippen LogP contribution in [0.25, 0.3) is 0 Å². The second-order valence-corrected chi connectivity index (χ2v) is 4.90. The summed E-state index contributed by atoms with van der Waals surface area (Å²) in [5.41, 5.74) is 1.91. The van der Waals surface area contributed by atoms with Gasteiger partial charge in [-0.1, -0.05) is 51.0 Å². The monoisotopic (exact) mass is 248 g/mol. The highest BCUT2D eigenvalue weighted by Crippen LogP contribution is 2.37. The Morgan fingerprint density at radius 3 is 2.17 bits per heavy atom. The number of esters is 1. The predicted molar refractivity (Wildman–Crippen MR) is 74.4 cm³/mol. The molecule has 1 aromatic rings. The van der Waals surface area contributed by atoms with Crippen LogP contribution in [0.5, 0.6) is 0 Å². The van der Waals surface area contributed by atoms with E-state index in [-0.39, 0.29) is 5.97 Å². The van der Waals surface area contributed by atoms with Crippen LogP contribution in [0.4, 0.5) is 0 Å². The molecule has 18 heavy (non-hydrogen) atoms. The van der Waals surface area contributed by atoms with Crippen molar-refractivity contribution in [2.24, 2.45) is 0 Å². The molecule has 0 heterocycles. The van der Waals surface area contributed by atoms with E-state index < -0.39 is 5.60 Å². The Morgan fingerprint density at radius 2 is 1.72 bits per heavy atom. The highest BCUT2D eigenvalue weighted by Gasteiger charge is 2.34. The van der Waals surface area contributed by atoms with Crippen LogP contribution >= 0.6 is 0 Å². The lowest BCUT2D eigenvalue weighted by molar-refractivity contribution is -0.160. The SMILES string of the molecule is CCCC(CCC)(OC(C)=O)c1ccccc1C. The smallest absolute Gasteiger partial charge is 0.303 e. The van der Waals surface area contributed by atoms with Crippen LogP contribution in [0.2, 0.25) is 0 Å². The zero-order valence-electron chi connectivity index (χ0n) is 12.0. The maximum absolute atomic E-state index is 11.5. The van der Waals surface area contributed by atoms with Gasteiger partial charge in [0, 0.05) is 6.92 Å². The molecule has 1 rings (SSSR count). The minimum absolute atomic E-state index is 0.194. The number of hydrogen-bond acceptors (Lipinski definition) is 2. The molecule has 0 saturated heterocycles. The first-order valence-electron chi connectivity index (χ1n) is 6.81. The van der Waals surface area contributed by atoms with Crippen molar-refractivity contribution in [3.63, 3.8) is 0 Å². The summed E-state index contributed by atoms with van der Waals surface area (Å²) in [4.78, 5) is 11.5. The number of carbonyl (C=O) groups excluding carboxylic acids is 1. The van der Waals surface area contributed by atoms with Crippen LogP contribution in [0.15, 0.2) is 24.3 Å². The van der Waals surface area contributed by atoms with Gasteiger partial charge in [-0.3, -0.25) is 4.79 Å². The lowest BCUT2D eigenvalue weighted by Gasteiger charge is -2.34. The summed E-state index contributed by atoms with van der Waals surface area (Å²) in [7, 11) is 0. The van der Waals surface area contributed by atoms with Gasteiger partial charge >= 0.3 is 5.97 Å². The molecule has 0 spiro atoms. The number of hydrogen-bond donors (Lipinski definition) is 0. The van der Waals surface area contributed by atoms with E-state index in [0.29, 0.717) is 0 Å². The van der Waals surface area contributed by atoms with Gasteiger partial charge in [-0.25, -0.2) is 0 Å². The van der Waals surface area contributed by atoms with Gasteiger partial charge in [0.25, 0.3) is 0 Å². The van der Waals surface area contributed by atoms with E-state index in [1.165, 1.54) is 12.5 Å². The molecular weight excluding hydrogens is 224 g/mol. The van der Waals surface area contributed by atoms with Crippen LogP contribution in [0.1, 0.15) is 57.6 Å². The van der Waals surface area contributed by atoms with Crippen molar-refractivity contribution in [2.75, 3.05) is 0 Å². The molecular formula is C16H24O2. The van der Waals surface area contributed by atoms with E-state index in [2.05, 4.69) is 32.9 Å². The van der Waals surface area contributed by atoms with E-state index in [1.54, 1.807) is 0 Å². The van der Waals surface area contributed by atoms with Crippen LogP contribution in [-0.4, -0.2) is 5.97 Å². The van der Waals surface area contributed by atoms with E-state index in [0.717, 1.165) is 31.2 Å². The fourth-order valence-electron chi connectivity index (χ4n) is 2.72. The Hall–Kier alpha value is -1.31. The molecule has 0 atom stereocenters. The molecule has 0 aliphatic heterocycles. The Balaban J connectivity index is 3.23. The van der Waals surface area contributed by atoms with Crippen LogP contribution < -0.4 is 0 Å². The third kappa shape index (κ3) is 3.34. The third-order valence-electron chi connectivity index (χ3n) is 3.28. The first kappa shape index (κ1) is 14.7. The van der Waals surface area contributed by atoms with Crippen molar-refractivity contribution in [2.45, 2.75) is 59.0 Å². The van der Waals surface area contributed by atoms with Crippen LogP contribution in [0.3, 0.4) is 0 Å². The Labute approximate surface area is 110 Å². The number of aryl methyl sites for hydroxylation is 1. The summed E-state index contributed by atoms with van der Waals surface area (Å²) in [6, 6.07) is 8.21. The van der Waals surface area contributed by atoms with E-state index in [4.69, 9.17) is 4.74 Å². The molecule has 0 N–H and O–H groups in total. The van der Waals surface area contributed by atoms with Gasteiger partial charge in [-0.2, -0.15) is 0 Å². The summed E-state index contributed by atoms with van der Waals surface area (Å²) < 4.78 is 5.75. The minimum atomic E-state index is -0.444. The van der Waals surface area contributed by atoms with Gasteiger partial charge in [0.2, 0.25) is 0 Å².